The van der Waals surface area contributed by atoms with Crippen molar-refractivity contribution in [3.63, 3.8) is 0 Å². The van der Waals surface area contributed by atoms with Crippen molar-refractivity contribution < 1.29 is 19.4 Å². The van der Waals surface area contributed by atoms with Crippen LogP contribution in [0.4, 0.5) is 10.1 Å². The van der Waals surface area contributed by atoms with Crippen LogP contribution in [0.5, 0.6) is 5.75 Å². The molecule has 0 aliphatic carbocycles. The van der Waals surface area contributed by atoms with Gasteiger partial charge in [0.25, 0.3) is 0 Å². The predicted octanol–water partition coefficient (Wildman–Crippen LogP) is 3.28. The van der Waals surface area contributed by atoms with Crippen LogP contribution in [0, 0.1) is 5.82 Å². The Labute approximate surface area is 126 Å². The van der Waals surface area contributed by atoms with Gasteiger partial charge in [-0.2, -0.15) is 0 Å². The number of hydrogen-bond acceptors (Lipinski definition) is 3. The molecule has 6 heteroatoms. The molecule has 0 heterocycles. The van der Waals surface area contributed by atoms with Crippen LogP contribution in [-0.4, -0.2) is 22.7 Å². The third-order valence-corrected chi connectivity index (χ3v) is 3.17. The first kappa shape index (κ1) is 15.1. The summed E-state index contributed by atoms with van der Waals surface area (Å²) >= 11 is 5.80. The number of carboxylic acids is 1. The Morgan fingerprint density at radius 3 is 2.48 bits per heavy atom. The summed E-state index contributed by atoms with van der Waals surface area (Å²) in [4.78, 5) is 12.5. The van der Waals surface area contributed by atoms with Gasteiger partial charge >= 0.3 is 5.97 Å². The number of benzene rings is 2. The summed E-state index contributed by atoms with van der Waals surface area (Å²) in [5.74, 6) is -1.60. The van der Waals surface area contributed by atoms with E-state index in [1.165, 1.54) is 17.0 Å². The predicted molar refractivity (Wildman–Crippen MR) is 78.2 cm³/mol. The number of rotatable bonds is 5. The SMILES string of the molecule is O=C(O)CN(Cc1cc(F)ccc1O)c1ccc(Cl)cc1. The zero-order valence-corrected chi connectivity index (χ0v) is 11.7. The smallest absolute Gasteiger partial charge is 0.323 e. The van der Waals surface area contributed by atoms with Gasteiger partial charge in [0.05, 0.1) is 0 Å². The maximum absolute atomic E-state index is 13.3. The van der Waals surface area contributed by atoms with Crippen molar-refractivity contribution in [2.24, 2.45) is 0 Å². The van der Waals surface area contributed by atoms with E-state index in [4.69, 9.17) is 16.7 Å². The maximum Gasteiger partial charge on any atom is 0.323 e. The lowest BCUT2D eigenvalue weighted by molar-refractivity contribution is -0.135. The largest absolute Gasteiger partial charge is 0.508 e. The molecule has 0 aliphatic rings. The Morgan fingerprint density at radius 1 is 1.19 bits per heavy atom. The normalized spacial score (nSPS) is 10.4. The number of phenols is 1. The summed E-state index contributed by atoms with van der Waals surface area (Å²) in [5, 5.41) is 19.3. The lowest BCUT2D eigenvalue weighted by atomic mass is 10.1. The zero-order chi connectivity index (χ0) is 15.4. The zero-order valence-electron chi connectivity index (χ0n) is 11.0. The van der Waals surface area contributed by atoms with Gasteiger partial charge in [-0.3, -0.25) is 4.79 Å². The first-order chi connectivity index (χ1) is 9.95. The average Bonchev–Trinajstić information content (AvgIpc) is 2.42. The first-order valence-corrected chi connectivity index (χ1v) is 6.53. The first-order valence-electron chi connectivity index (χ1n) is 6.15. The molecule has 0 unspecified atom stereocenters. The fourth-order valence-corrected chi connectivity index (χ4v) is 2.07. The van der Waals surface area contributed by atoms with Gasteiger partial charge in [-0.15, -0.1) is 0 Å². The van der Waals surface area contributed by atoms with Gasteiger partial charge in [0.15, 0.2) is 0 Å². The van der Waals surface area contributed by atoms with Gasteiger partial charge in [0, 0.05) is 22.8 Å². The van der Waals surface area contributed by atoms with Crippen molar-refractivity contribution in [1.82, 2.24) is 0 Å². The Bertz CT molecular complexity index is 646. The van der Waals surface area contributed by atoms with E-state index in [0.717, 1.165) is 6.07 Å². The van der Waals surface area contributed by atoms with E-state index in [1.807, 2.05) is 0 Å². The molecule has 0 aliphatic heterocycles. The Kier molecular flexibility index (Phi) is 4.65. The van der Waals surface area contributed by atoms with E-state index in [0.29, 0.717) is 16.3 Å². The molecule has 2 aromatic carbocycles. The van der Waals surface area contributed by atoms with Crippen LogP contribution in [0.15, 0.2) is 42.5 Å². The standard InChI is InChI=1S/C15H13ClFNO3/c16-11-1-4-13(5-2-11)18(9-15(20)21)8-10-7-12(17)3-6-14(10)19/h1-7,19H,8-9H2,(H,20,21). The molecule has 0 saturated carbocycles. The number of carboxylic acid groups (broad SMARTS) is 1. The van der Waals surface area contributed by atoms with Crippen LogP contribution in [0.3, 0.4) is 0 Å². The molecule has 110 valence electrons. The van der Waals surface area contributed by atoms with Crippen molar-refractivity contribution in [2.75, 3.05) is 11.4 Å². The number of anilines is 1. The molecule has 0 spiro atoms. The molecule has 0 amide bonds. The quantitative estimate of drug-likeness (QED) is 0.890. The Hall–Kier alpha value is -2.27. The van der Waals surface area contributed by atoms with Crippen molar-refractivity contribution in [3.8, 4) is 5.75 Å². The second-order valence-corrected chi connectivity index (χ2v) is 4.94. The van der Waals surface area contributed by atoms with Crippen LogP contribution in [0.1, 0.15) is 5.56 Å². The third-order valence-electron chi connectivity index (χ3n) is 2.92. The topological polar surface area (TPSA) is 60.8 Å². The van der Waals surface area contributed by atoms with Gasteiger partial charge < -0.3 is 15.1 Å². The highest BCUT2D eigenvalue weighted by atomic mass is 35.5. The average molecular weight is 310 g/mol. The minimum Gasteiger partial charge on any atom is -0.508 e. The summed E-state index contributed by atoms with van der Waals surface area (Å²) in [6.07, 6.45) is 0. The van der Waals surface area contributed by atoms with Gasteiger partial charge in [0.1, 0.15) is 18.1 Å². The van der Waals surface area contributed by atoms with Gasteiger partial charge in [-0.25, -0.2) is 4.39 Å². The van der Waals surface area contributed by atoms with E-state index in [-0.39, 0.29) is 18.8 Å². The van der Waals surface area contributed by atoms with Crippen LogP contribution in [0.2, 0.25) is 5.02 Å². The number of carbonyl (C=O) groups is 1. The minimum atomic E-state index is -1.03. The minimum absolute atomic E-state index is 0.0670. The monoisotopic (exact) mass is 309 g/mol. The highest BCUT2D eigenvalue weighted by molar-refractivity contribution is 6.30. The molecule has 0 bridgehead atoms. The van der Waals surface area contributed by atoms with Crippen molar-refractivity contribution in [3.05, 3.63) is 58.9 Å². The summed E-state index contributed by atoms with van der Waals surface area (Å²) < 4.78 is 13.3. The van der Waals surface area contributed by atoms with Crippen LogP contribution in [-0.2, 0) is 11.3 Å². The second-order valence-electron chi connectivity index (χ2n) is 4.50. The van der Waals surface area contributed by atoms with Crippen LogP contribution >= 0.6 is 11.6 Å². The van der Waals surface area contributed by atoms with Gasteiger partial charge in [-0.05, 0) is 42.5 Å². The fourth-order valence-electron chi connectivity index (χ4n) is 1.94. The molecule has 2 N–H and O–H groups in total. The van der Waals surface area contributed by atoms with E-state index < -0.39 is 11.8 Å². The fraction of sp³-hybridized carbons (Fsp3) is 0.133. The third kappa shape index (κ3) is 4.10. The maximum atomic E-state index is 13.3. The molecule has 0 atom stereocenters. The summed E-state index contributed by atoms with van der Waals surface area (Å²) in [7, 11) is 0. The highest BCUT2D eigenvalue weighted by Gasteiger charge is 2.14. The van der Waals surface area contributed by atoms with Crippen molar-refractivity contribution in [1.29, 1.82) is 0 Å². The number of aromatic hydroxyl groups is 1. The molecule has 21 heavy (non-hydrogen) atoms. The number of aliphatic carboxylic acids is 1. The Balaban J connectivity index is 2.30. The molecular formula is C15H13ClFNO3. The molecule has 0 radical (unpaired) electrons. The number of halogens is 2. The summed E-state index contributed by atoms with van der Waals surface area (Å²) in [5.41, 5.74) is 0.927. The highest BCUT2D eigenvalue weighted by Crippen LogP contribution is 2.24. The lowest BCUT2D eigenvalue weighted by Crippen LogP contribution is -2.29. The number of phenolic OH excluding ortho intramolecular Hbond substituents is 1. The second kappa shape index (κ2) is 6.45. The van der Waals surface area contributed by atoms with Crippen molar-refractivity contribution in [2.45, 2.75) is 6.54 Å². The molecule has 0 aromatic heterocycles. The summed E-state index contributed by atoms with van der Waals surface area (Å²) in [6, 6.07) is 10.2. The van der Waals surface area contributed by atoms with Crippen molar-refractivity contribution >= 4 is 23.3 Å². The van der Waals surface area contributed by atoms with E-state index in [1.54, 1.807) is 24.3 Å². The number of hydrogen-bond donors (Lipinski definition) is 2. The molecule has 2 aromatic rings. The summed E-state index contributed by atoms with van der Waals surface area (Å²) in [6.45, 7) is -0.213. The number of nitrogens with zero attached hydrogens (tertiary/aromatic N) is 1. The molecule has 0 fully saturated rings. The van der Waals surface area contributed by atoms with Crippen LogP contribution in [0.25, 0.3) is 0 Å². The van der Waals surface area contributed by atoms with E-state index in [9.17, 15) is 14.3 Å². The van der Waals surface area contributed by atoms with Crippen LogP contribution < -0.4 is 4.90 Å². The van der Waals surface area contributed by atoms with Gasteiger partial charge in [-0.1, -0.05) is 11.6 Å². The Morgan fingerprint density at radius 2 is 1.86 bits per heavy atom. The van der Waals surface area contributed by atoms with E-state index in [2.05, 4.69) is 0 Å². The molecular weight excluding hydrogens is 297 g/mol. The van der Waals surface area contributed by atoms with Gasteiger partial charge in [0.2, 0.25) is 0 Å². The molecule has 0 saturated heterocycles. The molecule has 4 nitrogen and oxygen atoms in total. The molecule has 2 rings (SSSR count). The lowest BCUT2D eigenvalue weighted by Gasteiger charge is -2.23. The van der Waals surface area contributed by atoms with E-state index >= 15 is 0 Å².